The molecule has 0 atom stereocenters. The molecule has 0 amide bonds. The van der Waals surface area contributed by atoms with Gasteiger partial charge in [-0.05, 0) is 25.5 Å². The van der Waals surface area contributed by atoms with E-state index < -0.39 is 0 Å². The Balaban J connectivity index is 2.52. The summed E-state index contributed by atoms with van der Waals surface area (Å²) >= 11 is 0. The Bertz CT molecular complexity index is 276. The second-order valence-electron chi connectivity index (χ2n) is 3.51. The van der Waals surface area contributed by atoms with E-state index in [0.717, 1.165) is 38.3 Å². The fourth-order valence-electron chi connectivity index (χ4n) is 1.30. The maximum absolute atomic E-state index is 5.61. The molecule has 0 fully saturated rings. The molecule has 1 aromatic heterocycles. The average Bonchev–Trinajstić information content (AvgIpc) is 2.28. The molecule has 84 valence electrons. The van der Waals surface area contributed by atoms with Crippen molar-refractivity contribution in [3.63, 3.8) is 0 Å². The first-order chi connectivity index (χ1) is 7.38. The summed E-state index contributed by atoms with van der Waals surface area (Å²) < 4.78 is 5.61. The standard InChI is InChI=1S/C12H20N2O/c1-3-6-13-9-11-5-7-14-10-12(11)15-8-4-2/h5,7,10,13H,3-4,6,8-9H2,1-2H3. The zero-order chi connectivity index (χ0) is 10.9. The highest BCUT2D eigenvalue weighted by molar-refractivity contribution is 5.29. The molecule has 1 heterocycles. The van der Waals surface area contributed by atoms with E-state index in [0.29, 0.717) is 0 Å². The summed E-state index contributed by atoms with van der Waals surface area (Å²) in [6.45, 7) is 6.91. The molecule has 0 aromatic carbocycles. The molecule has 1 N–H and O–H groups in total. The number of hydrogen-bond donors (Lipinski definition) is 1. The molecule has 0 unspecified atom stereocenters. The second kappa shape index (κ2) is 7.23. The van der Waals surface area contributed by atoms with Gasteiger partial charge in [0.2, 0.25) is 0 Å². The minimum Gasteiger partial charge on any atom is -0.492 e. The Labute approximate surface area is 91.9 Å². The molecule has 3 heteroatoms. The van der Waals surface area contributed by atoms with E-state index in [1.807, 2.05) is 12.3 Å². The minimum absolute atomic E-state index is 0.756. The van der Waals surface area contributed by atoms with E-state index in [-0.39, 0.29) is 0 Å². The quantitative estimate of drug-likeness (QED) is 0.698. The number of rotatable bonds is 7. The van der Waals surface area contributed by atoms with Crippen LogP contribution in [-0.2, 0) is 6.54 Å². The number of nitrogens with zero attached hydrogens (tertiary/aromatic N) is 1. The van der Waals surface area contributed by atoms with Gasteiger partial charge in [0.15, 0.2) is 0 Å². The lowest BCUT2D eigenvalue weighted by molar-refractivity contribution is 0.312. The number of nitrogens with one attached hydrogen (secondary N) is 1. The van der Waals surface area contributed by atoms with Crippen molar-refractivity contribution >= 4 is 0 Å². The molecule has 0 spiro atoms. The SMILES string of the molecule is CCCNCc1ccncc1OCCC. The number of hydrogen-bond acceptors (Lipinski definition) is 3. The smallest absolute Gasteiger partial charge is 0.142 e. The lowest BCUT2D eigenvalue weighted by Crippen LogP contribution is -2.14. The fraction of sp³-hybridized carbons (Fsp3) is 0.583. The van der Waals surface area contributed by atoms with Crippen molar-refractivity contribution in [3.8, 4) is 5.75 Å². The zero-order valence-electron chi connectivity index (χ0n) is 9.62. The molecule has 1 aromatic rings. The Hall–Kier alpha value is -1.09. The third-order valence-electron chi connectivity index (χ3n) is 2.07. The lowest BCUT2D eigenvalue weighted by Gasteiger charge is -2.10. The van der Waals surface area contributed by atoms with Gasteiger partial charge >= 0.3 is 0 Å². The Kier molecular flexibility index (Phi) is 5.78. The Morgan fingerprint density at radius 1 is 1.33 bits per heavy atom. The number of ether oxygens (including phenoxy) is 1. The van der Waals surface area contributed by atoms with Gasteiger partial charge in [-0.2, -0.15) is 0 Å². The molecule has 0 saturated carbocycles. The third-order valence-corrected chi connectivity index (χ3v) is 2.07. The van der Waals surface area contributed by atoms with Gasteiger partial charge in [0.25, 0.3) is 0 Å². The molecule has 0 aliphatic carbocycles. The molecule has 3 nitrogen and oxygen atoms in total. The molecule has 0 bridgehead atoms. The Morgan fingerprint density at radius 2 is 2.20 bits per heavy atom. The summed E-state index contributed by atoms with van der Waals surface area (Å²) in [6.07, 6.45) is 5.77. The number of aromatic nitrogens is 1. The number of pyridine rings is 1. The van der Waals surface area contributed by atoms with Crippen molar-refractivity contribution in [2.24, 2.45) is 0 Å². The second-order valence-corrected chi connectivity index (χ2v) is 3.51. The summed E-state index contributed by atoms with van der Waals surface area (Å²) in [5.74, 6) is 0.906. The molecule has 0 radical (unpaired) electrons. The van der Waals surface area contributed by atoms with Gasteiger partial charge in [0, 0.05) is 18.3 Å². The monoisotopic (exact) mass is 208 g/mol. The highest BCUT2D eigenvalue weighted by atomic mass is 16.5. The highest BCUT2D eigenvalue weighted by Crippen LogP contribution is 2.16. The maximum Gasteiger partial charge on any atom is 0.142 e. The van der Waals surface area contributed by atoms with Crippen molar-refractivity contribution in [2.75, 3.05) is 13.2 Å². The van der Waals surface area contributed by atoms with Crippen LogP contribution in [0.3, 0.4) is 0 Å². The van der Waals surface area contributed by atoms with Crippen LogP contribution in [0, 0.1) is 0 Å². The van der Waals surface area contributed by atoms with E-state index in [1.54, 1.807) is 6.20 Å². The topological polar surface area (TPSA) is 34.2 Å². The van der Waals surface area contributed by atoms with Gasteiger partial charge in [-0.15, -0.1) is 0 Å². The van der Waals surface area contributed by atoms with Crippen LogP contribution in [0.15, 0.2) is 18.5 Å². The summed E-state index contributed by atoms with van der Waals surface area (Å²) in [6, 6.07) is 2.01. The van der Waals surface area contributed by atoms with Crippen molar-refractivity contribution < 1.29 is 4.74 Å². The molecular weight excluding hydrogens is 188 g/mol. The fourth-order valence-corrected chi connectivity index (χ4v) is 1.30. The van der Waals surface area contributed by atoms with Gasteiger partial charge < -0.3 is 10.1 Å². The van der Waals surface area contributed by atoms with Crippen molar-refractivity contribution in [3.05, 3.63) is 24.0 Å². The predicted molar refractivity (Wildman–Crippen MR) is 62.0 cm³/mol. The first-order valence-corrected chi connectivity index (χ1v) is 5.64. The first-order valence-electron chi connectivity index (χ1n) is 5.64. The molecular formula is C12H20N2O. The van der Waals surface area contributed by atoms with Gasteiger partial charge in [-0.25, -0.2) is 0 Å². The van der Waals surface area contributed by atoms with Crippen LogP contribution in [0.2, 0.25) is 0 Å². The Morgan fingerprint density at radius 3 is 2.93 bits per heavy atom. The zero-order valence-corrected chi connectivity index (χ0v) is 9.62. The summed E-state index contributed by atoms with van der Waals surface area (Å²) in [4.78, 5) is 4.07. The molecule has 0 saturated heterocycles. The highest BCUT2D eigenvalue weighted by Gasteiger charge is 2.01. The summed E-state index contributed by atoms with van der Waals surface area (Å²) in [5, 5.41) is 3.36. The van der Waals surface area contributed by atoms with Gasteiger partial charge in [-0.3, -0.25) is 4.98 Å². The van der Waals surface area contributed by atoms with Crippen LogP contribution in [0.1, 0.15) is 32.3 Å². The van der Waals surface area contributed by atoms with E-state index in [2.05, 4.69) is 24.1 Å². The maximum atomic E-state index is 5.61. The van der Waals surface area contributed by atoms with E-state index in [9.17, 15) is 0 Å². The predicted octanol–water partition coefficient (Wildman–Crippen LogP) is 2.37. The summed E-state index contributed by atoms with van der Waals surface area (Å²) in [7, 11) is 0. The normalized spacial score (nSPS) is 10.3. The minimum atomic E-state index is 0.756. The van der Waals surface area contributed by atoms with Crippen LogP contribution in [-0.4, -0.2) is 18.1 Å². The van der Waals surface area contributed by atoms with Crippen LogP contribution < -0.4 is 10.1 Å². The van der Waals surface area contributed by atoms with Crippen molar-refractivity contribution in [1.29, 1.82) is 0 Å². The molecule has 15 heavy (non-hydrogen) atoms. The largest absolute Gasteiger partial charge is 0.492 e. The third kappa shape index (κ3) is 4.30. The van der Waals surface area contributed by atoms with Gasteiger partial charge in [0.05, 0.1) is 12.8 Å². The van der Waals surface area contributed by atoms with Gasteiger partial charge in [0.1, 0.15) is 5.75 Å². The molecule has 1 rings (SSSR count). The van der Waals surface area contributed by atoms with Crippen molar-refractivity contribution in [1.82, 2.24) is 10.3 Å². The summed E-state index contributed by atoms with van der Waals surface area (Å²) in [5.41, 5.74) is 1.19. The lowest BCUT2D eigenvalue weighted by atomic mass is 10.2. The average molecular weight is 208 g/mol. The van der Waals surface area contributed by atoms with E-state index in [4.69, 9.17) is 4.74 Å². The van der Waals surface area contributed by atoms with Crippen LogP contribution >= 0.6 is 0 Å². The van der Waals surface area contributed by atoms with E-state index in [1.165, 1.54) is 5.56 Å². The molecule has 0 aliphatic heterocycles. The van der Waals surface area contributed by atoms with Crippen LogP contribution in [0.25, 0.3) is 0 Å². The van der Waals surface area contributed by atoms with Crippen LogP contribution in [0.4, 0.5) is 0 Å². The first kappa shape index (κ1) is 12.0. The van der Waals surface area contributed by atoms with Gasteiger partial charge in [-0.1, -0.05) is 13.8 Å². The van der Waals surface area contributed by atoms with Crippen LogP contribution in [0.5, 0.6) is 5.75 Å². The van der Waals surface area contributed by atoms with E-state index >= 15 is 0 Å². The van der Waals surface area contributed by atoms with Crippen molar-refractivity contribution in [2.45, 2.75) is 33.2 Å². The molecule has 0 aliphatic rings.